The minimum absolute atomic E-state index is 0.121. The fourth-order valence-corrected chi connectivity index (χ4v) is 3.08. The van der Waals surface area contributed by atoms with Gasteiger partial charge in [0, 0.05) is 12.1 Å². The summed E-state index contributed by atoms with van der Waals surface area (Å²) in [6, 6.07) is 13.2. The molecule has 2 aromatic carbocycles. The molecular weight excluding hydrogens is 384 g/mol. The number of rotatable bonds is 7. The molecule has 0 radical (unpaired) electrons. The summed E-state index contributed by atoms with van der Waals surface area (Å²) < 4.78 is 11.3. The van der Waals surface area contributed by atoms with Crippen LogP contribution in [0.1, 0.15) is 22.0 Å². The van der Waals surface area contributed by atoms with Crippen LogP contribution in [-0.2, 0) is 0 Å². The fraction of sp³-hybridized carbons (Fsp3) is 0.316. The number of carbonyl (C=O) groups is 1. The summed E-state index contributed by atoms with van der Waals surface area (Å²) >= 11 is 3.42. The zero-order valence-corrected chi connectivity index (χ0v) is 16.5. The number of nitrogens with one attached hydrogen (secondary N) is 1. The van der Waals surface area contributed by atoms with Gasteiger partial charge in [-0.25, -0.2) is 0 Å². The van der Waals surface area contributed by atoms with E-state index in [1.165, 1.54) is 0 Å². The molecule has 2 aromatic rings. The van der Waals surface area contributed by atoms with Crippen LogP contribution < -0.4 is 14.8 Å². The average molecular weight is 407 g/mol. The van der Waals surface area contributed by atoms with E-state index in [4.69, 9.17) is 9.47 Å². The van der Waals surface area contributed by atoms with Crippen LogP contribution >= 0.6 is 15.9 Å². The van der Waals surface area contributed by atoms with Crippen molar-refractivity contribution in [3.8, 4) is 11.5 Å². The van der Waals surface area contributed by atoms with E-state index in [-0.39, 0.29) is 11.9 Å². The highest BCUT2D eigenvalue weighted by atomic mass is 79.9. The summed E-state index contributed by atoms with van der Waals surface area (Å²) in [6.45, 7) is 0.695. The van der Waals surface area contributed by atoms with Crippen LogP contribution in [0.2, 0.25) is 0 Å². The summed E-state index contributed by atoms with van der Waals surface area (Å²) in [7, 11) is 7.07. The number of ether oxygens (including phenoxy) is 2. The fourth-order valence-electron chi connectivity index (χ4n) is 2.53. The lowest BCUT2D eigenvalue weighted by Crippen LogP contribution is -2.35. The second kappa shape index (κ2) is 8.87. The zero-order chi connectivity index (χ0) is 18.4. The van der Waals surface area contributed by atoms with Crippen LogP contribution in [0, 0.1) is 0 Å². The molecule has 1 atom stereocenters. The Kier molecular flexibility index (Phi) is 6.84. The standard InChI is InChI=1S/C19H23BrN2O3/c1-22(2)12-15(13-8-6-5-7-9-13)21-19(23)14-10-16(24-3)18(20)17(11-14)25-4/h5-11,15H,12H2,1-4H3,(H,21,23)/t15-/m0/s1. The normalized spacial score (nSPS) is 11.9. The molecule has 0 heterocycles. The molecule has 25 heavy (non-hydrogen) atoms. The number of amides is 1. The molecule has 6 heteroatoms. The summed E-state index contributed by atoms with van der Waals surface area (Å²) in [5.74, 6) is 0.918. The smallest absolute Gasteiger partial charge is 0.252 e. The third-order valence-electron chi connectivity index (χ3n) is 3.76. The first kappa shape index (κ1) is 19.3. The molecule has 0 bridgehead atoms. The molecular formula is C19H23BrN2O3. The molecule has 0 spiro atoms. The molecule has 0 aliphatic heterocycles. The summed E-state index contributed by atoms with van der Waals surface area (Å²) in [4.78, 5) is 14.8. The van der Waals surface area contributed by atoms with E-state index in [0.717, 1.165) is 5.56 Å². The number of nitrogens with zero attached hydrogens (tertiary/aromatic N) is 1. The van der Waals surface area contributed by atoms with Gasteiger partial charge in [0.05, 0.1) is 20.3 Å². The van der Waals surface area contributed by atoms with E-state index in [2.05, 4.69) is 21.2 Å². The minimum Gasteiger partial charge on any atom is -0.495 e. The van der Waals surface area contributed by atoms with Gasteiger partial charge in [0.15, 0.2) is 0 Å². The monoisotopic (exact) mass is 406 g/mol. The highest BCUT2D eigenvalue weighted by Crippen LogP contribution is 2.35. The van der Waals surface area contributed by atoms with Crippen molar-refractivity contribution in [3.05, 3.63) is 58.1 Å². The number of hydrogen-bond acceptors (Lipinski definition) is 4. The maximum absolute atomic E-state index is 12.8. The largest absolute Gasteiger partial charge is 0.495 e. The van der Waals surface area contributed by atoms with Gasteiger partial charge in [0.1, 0.15) is 16.0 Å². The van der Waals surface area contributed by atoms with E-state index in [1.807, 2.05) is 49.3 Å². The van der Waals surface area contributed by atoms with Crippen molar-refractivity contribution in [2.24, 2.45) is 0 Å². The Hall–Kier alpha value is -2.05. The maximum atomic E-state index is 12.8. The van der Waals surface area contributed by atoms with Crippen molar-refractivity contribution < 1.29 is 14.3 Å². The van der Waals surface area contributed by atoms with Gasteiger partial charge >= 0.3 is 0 Å². The molecule has 134 valence electrons. The molecule has 0 unspecified atom stereocenters. The second-order valence-corrected chi connectivity index (χ2v) is 6.69. The van der Waals surface area contributed by atoms with Crippen molar-refractivity contribution in [2.75, 3.05) is 34.9 Å². The van der Waals surface area contributed by atoms with Gasteiger partial charge in [0.2, 0.25) is 0 Å². The first-order chi connectivity index (χ1) is 12.0. The molecule has 0 fully saturated rings. The van der Waals surface area contributed by atoms with Gasteiger partial charge in [-0.15, -0.1) is 0 Å². The SMILES string of the molecule is COc1cc(C(=O)N[C@@H](CN(C)C)c2ccccc2)cc(OC)c1Br. The topological polar surface area (TPSA) is 50.8 Å². The lowest BCUT2D eigenvalue weighted by molar-refractivity contribution is 0.0929. The third-order valence-corrected chi connectivity index (χ3v) is 4.54. The van der Waals surface area contributed by atoms with E-state index in [1.54, 1.807) is 26.4 Å². The van der Waals surface area contributed by atoms with Gasteiger partial charge in [-0.2, -0.15) is 0 Å². The average Bonchev–Trinajstić information content (AvgIpc) is 2.61. The van der Waals surface area contributed by atoms with E-state index < -0.39 is 0 Å². The Morgan fingerprint density at radius 2 is 1.68 bits per heavy atom. The van der Waals surface area contributed by atoms with Crippen molar-refractivity contribution >= 4 is 21.8 Å². The van der Waals surface area contributed by atoms with Crippen molar-refractivity contribution in [3.63, 3.8) is 0 Å². The number of likely N-dealkylation sites (N-methyl/N-ethyl adjacent to an activating group) is 1. The second-order valence-electron chi connectivity index (χ2n) is 5.89. The number of carbonyl (C=O) groups excluding carboxylic acids is 1. The third kappa shape index (κ3) is 4.96. The number of hydrogen-bond donors (Lipinski definition) is 1. The van der Waals surface area contributed by atoms with Gasteiger partial charge in [-0.3, -0.25) is 4.79 Å². The van der Waals surface area contributed by atoms with E-state index in [0.29, 0.717) is 28.1 Å². The van der Waals surface area contributed by atoms with Crippen LogP contribution in [0.25, 0.3) is 0 Å². The summed E-state index contributed by atoms with van der Waals surface area (Å²) in [5.41, 5.74) is 1.54. The van der Waals surface area contributed by atoms with Gasteiger partial charge in [-0.1, -0.05) is 30.3 Å². The number of halogens is 1. The summed E-state index contributed by atoms with van der Waals surface area (Å²) in [5, 5.41) is 3.10. The zero-order valence-electron chi connectivity index (χ0n) is 14.9. The molecule has 0 saturated heterocycles. The molecule has 1 amide bonds. The van der Waals surface area contributed by atoms with Gasteiger partial charge in [-0.05, 0) is 47.7 Å². The van der Waals surface area contributed by atoms with E-state index >= 15 is 0 Å². The predicted molar refractivity (Wildman–Crippen MR) is 102 cm³/mol. The predicted octanol–water partition coefficient (Wildman–Crippen LogP) is 3.50. The van der Waals surface area contributed by atoms with Gasteiger partial charge in [0.25, 0.3) is 5.91 Å². The first-order valence-electron chi connectivity index (χ1n) is 7.88. The van der Waals surface area contributed by atoms with Crippen LogP contribution in [-0.4, -0.2) is 45.7 Å². The van der Waals surface area contributed by atoms with Crippen molar-refractivity contribution in [1.82, 2.24) is 10.2 Å². The maximum Gasteiger partial charge on any atom is 0.252 e. The van der Waals surface area contributed by atoms with Crippen LogP contribution in [0.3, 0.4) is 0 Å². The molecule has 5 nitrogen and oxygen atoms in total. The molecule has 0 aromatic heterocycles. The van der Waals surface area contributed by atoms with Crippen molar-refractivity contribution in [1.29, 1.82) is 0 Å². The highest BCUT2D eigenvalue weighted by Gasteiger charge is 2.19. The Labute approximate surface area is 157 Å². The number of methoxy groups -OCH3 is 2. The summed E-state index contributed by atoms with van der Waals surface area (Å²) in [6.07, 6.45) is 0. The number of benzene rings is 2. The molecule has 0 saturated carbocycles. The lowest BCUT2D eigenvalue weighted by Gasteiger charge is -2.23. The Bertz CT molecular complexity index is 695. The lowest BCUT2D eigenvalue weighted by atomic mass is 10.1. The Balaban J connectivity index is 2.29. The Morgan fingerprint density at radius 1 is 1.12 bits per heavy atom. The van der Waals surface area contributed by atoms with Crippen LogP contribution in [0.15, 0.2) is 46.9 Å². The quantitative estimate of drug-likeness (QED) is 0.764. The highest BCUT2D eigenvalue weighted by molar-refractivity contribution is 9.10. The van der Waals surface area contributed by atoms with Gasteiger partial charge < -0.3 is 19.7 Å². The molecule has 1 N–H and O–H groups in total. The van der Waals surface area contributed by atoms with Crippen molar-refractivity contribution in [2.45, 2.75) is 6.04 Å². The van der Waals surface area contributed by atoms with Crippen LogP contribution in [0.4, 0.5) is 0 Å². The van der Waals surface area contributed by atoms with E-state index in [9.17, 15) is 4.79 Å². The Morgan fingerprint density at radius 3 is 2.16 bits per heavy atom. The first-order valence-corrected chi connectivity index (χ1v) is 8.67. The minimum atomic E-state index is -0.181. The van der Waals surface area contributed by atoms with Crippen LogP contribution in [0.5, 0.6) is 11.5 Å². The molecule has 0 aliphatic rings. The molecule has 0 aliphatic carbocycles. The molecule has 2 rings (SSSR count).